The first-order valence-corrected chi connectivity index (χ1v) is 22.6. The molecular formula is C46H42F4N2O4Ti. The molecule has 2 amide bonds. The maximum absolute atomic E-state index is 18.1. The third-order valence-electron chi connectivity index (χ3n) is 11.3. The maximum atomic E-state index is 18.1. The molecule has 292 valence electrons. The van der Waals surface area contributed by atoms with Crippen molar-refractivity contribution in [3.8, 4) is 0 Å². The van der Waals surface area contributed by atoms with Crippen LogP contribution >= 0.6 is 0 Å². The van der Waals surface area contributed by atoms with Gasteiger partial charge in [-0.1, -0.05) is 0 Å². The number of allylic oxidation sites excluding steroid dienone is 8. The Kier molecular flexibility index (Phi) is 11.6. The van der Waals surface area contributed by atoms with E-state index in [2.05, 4.69) is 0 Å². The molecule has 2 atom stereocenters. The van der Waals surface area contributed by atoms with E-state index in [0.717, 1.165) is 25.0 Å². The summed E-state index contributed by atoms with van der Waals surface area (Å²) in [5.41, 5.74) is 0.163. The van der Waals surface area contributed by atoms with Crippen molar-refractivity contribution in [1.82, 2.24) is 0 Å². The summed E-state index contributed by atoms with van der Waals surface area (Å²) in [5, 5.41) is 0. The third-order valence-corrected chi connectivity index (χ3v) is 19.3. The van der Waals surface area contributed by atoms with Gasteiger partial charge in [0.2, 0.25) is 0 Å². The number of ether oxygens (including phenoxy) is 2. The van der Waals surface area contributed by atoms with Crippen LogP contribution in [0.15, 0.2) is 129 Å². The molecule has 0 spiro atoms. The van der Waals surface area contributed by atoms with Gasteiger partial charge in [-0.3, -0.25) is 0 Å². The van der Waals surface area contributed by atoms with Gasteiger partial charge in [-0.05, 0) is 0 Å². The summed E-state index contributed by atoms with van der Waals surface area (Å²) < 4.78 is 82.4. The van der Waals surface area contributed by atoms with E-state index in [-0.39, 0.29) is 48.4 Å². The normalized spacial score (nSPS) is 18.9. The van der Waals surface area contributed by atoms with Crippen LogP contribution in [-0.2, 0) is 26.1 Å². The van der Waals surface area contributed by atoms with Gasteiger partial charge < -0.3 is 0 Å². The second kappa shape index (κ2) is 16.9. The van der Waals surface area contributed by atoms with Crippen molar-refractivity contribution in [2.75, 3.05) is 36.1 Å². The number of carbonyl (C=O) groups excluding carboxylic acids is 2. The predicted molar refractivity (Wildman–Crippen MR) is 210 cm³/mol. The number of anilines is 2. The van der Waals surface area contributed by atoms with Gasteiger partial charge in [0.25, 0.3) is 0 Å². The van der Waals surface area contributed by atoms with Gasteiger partial charge in [0.05, 0.1) is 0 Å². The van der Waals surface area contributed by atoms with Gasteiger partial charge in [-0.2, -0.15) is 0 Å². The van der Waals surface area contributed by atoms with Crippen molar-refractivity contribution < 1.29 is 53.2 Å². The van der Waals surface area contributed by atoms with Gasteiger partial charge in [0.15, 0.2) is 0 Å². The third kappa shape index (κ3) is 7.40. The number of amides is 2. The van der Waals surface area contributed by atoms with E-state index >= 15 is 17.6 Å². The van der Waals surface area contributed by atoms with Gasteiger partial charge >= 0.3 is 335 Å². The second-order valence-corrected chi connectivity index (χ2v) is 20.7. The molecule has 4 aromatic carbocycles. The Bertz CT molecular complexity index is 2120. The zero-order chi connectivity index (χ0) is 39.5. The van der Waals surface area contributed by atoms with Gasteiger partial charge in [-0.25, -0.2) is 0 Å². The Morgan fingerprint density at radius 2 is 1.02 bits per heavy atom. The molecule has 6 nitrogen and oxygen atoms in total. The first kappa shape index (κ1) is 39.0. The fourth-order valence-corrected chi connectivity index (χ4v) is 16.9. The topological polar surface area (TPSA) is 59.1 Å². The van der Waals surface area contributed by atoms with Crippen LogP contribution in [0.4, 0.5) is 28.9 Å². The number of halogens is 4. The fraction of sp³-hybridized carbons (Fsp3) is 0.261. The van der Waals surface area contributed by atoms with Crippen molar-refractivity contribution in [2.45, 2.75) is 50.7 Å². The quantitative estimate of drug-likeness (QED) is 0.106. The minimum atomic E-state index is -5.40. The average molecular weight is 811 g/mol. The second-order valence-electron chi connectivity index (χ2n) is 14.7. The molecule has 11 heteroatoms. The Hall–Kier alpha value is -4.87. The molecule has 0 aromatic heterocycles. The Labute approximate surface area is 333 Å². The molecule has 2 aliphatic carbocycles. The van der Waals surface area contributed by atoms with Crippen LogP contribution in [0.25, 0.3) is 0 Å². The van der Waals surface area contributed by atoms with Gasteiger partial charge in [0, 0.05) is 0 Å². The van der Waals surface area contributed by atoms with E-state index in [4.69, 9.17) is 9.47 Å². The SMILES string of the molecule is O=C(c1ccccc1)N(CC1CCCO1)c1ccc(F)[c]([Ti]([C]2=CC=CC2)([C]2=CC=CC2)[c]2c(F)ccc(N(CC3CCCO3)C(=O)c3ccccc3)c2F)c1F. The van der Waals surface area contributed by atoms with Gasteiger partial charge in [-0.15, -0.1) is 0 Å². The molecule has 2 fully saturated rings. The summed E-state index contributed by atoms with van der Waals surface area (Å²) >= 11 is -5.40. The first-order chi connectivity index (χ1) is 27.8. The van der Waals surface area contributed by atoms with Crippen LogP contribution < -0.4 is 17.5 Å². The molecule has 2 heterocycles. The summed E-state index contributed by atoms with van der Waals surface area (Å²) in [6.07, 6.45) is 12.9. The number of hydrogen-bond donors (Lipinski definition) is 0. The molecule has 4 aromatic rings. The van der Waals surface area contributed by atoms with Crippen LogP contribution in [0.2, 0.25) is 0 Å². The van der Waals surface area contributed by atoms with Crippen LogP contribution in [0, 0.1) is 23.3 Å². The summed E-state index contributed by atoms with van der Waals surface area (Å²) in [4.78, 5) is 31.1. The minimum absolute atomic E-state index is 0.0117. The first-order valence-electron chi connectivity index (χ1n) is 19.4. The number of carbonyl (C=O) groups is 2. The molecule has 2 saturated heterocycles. The fourth-order valence-electron chi connectivity index (χ4n) is 8.65. The van der Waals surface area contributed by atoms with Crippen LogP contribution in [0.1, 0.15) is 59.2 Å². The molecule has 8 rings (SSSR count). The van der Waals surface area contributed by atoms with Crippen molar-refractivity contribution in [1.29, 1.82) is 0 Å². The summed E-state index contributed by atoms with van der Waals surface area (Å²) in [6, 6.07) is 21.5. The Morgan fingerprint density at radius 1 is 0.596 bits per heavy atom. The summed E-state index contributed by atoms with van der Waals surface area (Å²) in [5.74, 6) is -5.10. The van der Waals surface area contributed by atoms with E-state index in [0.29, 0.717) is 33.8 Å². The number of nitrogens with zero attached hydrogens (tertiary/aromatic N) is 2. The van der Waals surface area contributed by atoms with E-state index < -0.39 is 71.6 Å². The number of benzene rings is 4. The molecule has 0 N–H and O–H groups in total. The molecule has 57 heavy (non-hydrogen) atoms. The molecule has 2 unspecified atom stereocenters. The van der Waals surface area contributed by atoms with E-state index in [1.54, 1.807) is 85.0 Å². The van der Waals surface area contributed by atoms with Crippen LogP contribution in [0.3, 0.4) is 0 Å². The predicted octanol–water partition coefficient (Wildman–Crippen LogP) is 8.69. The average Bonchev–Trinajstić information content (AvgIpc) is 4.09. The zero-order valence-electron chi connectivity index (χ0n) is 31.3. The van der Waals surface area contributed by atoms with Crippen molar-refractivity contribution in [3.05, 3.63) is 164 Å². The number of hydrogen-bond acceptors (Lipinski definition) is 4. The van der Waals surface area contributed by atoms with Crippen molar-refractivity contribution in [3.63, 3.8) is 0 Å². The molecular weight excluding hydrogens is 768 g/mol. The standard InChI is InChI=1S/2C18H16F2NO2.2C5H5.Ti/c2*19-14-8-9-17(16(20)11-14)21(12-15-7-4-10-23-15)18(22)13-5-2-1-3-6-13;2*1-2-4-5-3-1;/h2*1-3,5-6,8-9,15H,4,7,10,12H2;2*1-3H,4H2;. The van der Waals surface area contributed by atoms with Crippen LogP contribution in [-0.4, -0.2) is 50.3 Å². The van der Waals surface area contributed by atoms with E-state index in [1.807, 2.05) is 12.2 Å². The van der Waals surface area contributed by atoms with Gasteiger partial charge in [0.1, 0.15) is 0 Å². The molecule has 0 bridgehead atoms. The number of rotatable bonds is 12. The van der Waals surface area contributed by atoms with Crippen molar-refractivity contribution >= 4 is 30.9 Å². The molecule has 4 aliphatic rings. The monoisotopic (exact) mass is 810 g/mol. The Morgan fingerprint density at radius 3 is 1.37 bits per heavy atom. The summed E-state index contributed by atoms with van der Waals surface area (Å²) in [7, 11) is 0. The molecule has 0 saturated carbocycles. The molecule has 0 radical (unpaired) electrons. The van der Waals surface area contributed by atoms with Crippen LogP contribution in [0.5, 0.6) is 0 Å². The zero-order valence-corrected chi connectivity index (χ0v) is 32.9. The molecule has 2 aliphatic heterocycles. The van der Waals surface area contributed by atoms with E-state index in [9.17, 15) is 9.59 Å². The van der Waals surface area contributed by atoms with Crippen molar-refractivity contribution in [2.24, 2.45) is 0 Å². The van der Waals surface area contributed by atoms with E-state index in [1.165, 1.54) is 21.9 Å². The Balaban J connectivity index is 1.37. The summed E-state index contributed by atoms with van der Waals surface area (Å²) in [6.45, 7) is 0.952.